The van der Waals surface area contributed by atoms with Gasteiger partial charge in [-0.1, -0.05) is 0 Å². The van der Waals surface area contributed by atoms with Gasteiger partial charge in [0.05, 0.1) is 6.54 Å². The largest absolute Gasteiger partial charge is 0.369 e. The van der Waals surface area contributed by atoms with Crippen LogP contribution in [0.15, 0.2) is 42.9 Å². The molecule has 3 aromatic rings. The average molecular weight is 378 g/mol. The smallest absolute Gasteiger partial charge is 0.270 e. The number of aromatic nitrogens is 3. The molecule has 0 aliphatic carbocycles. The van der Waals surface area contributed by atoms with Crippen molar-refractivity contribution in [1.29, 1.82) is 0 Å². The van der Waals surface area contributed by atoms with E-state index in [1.165, 1.54) is 0 Å². The molecule has 8 heteroatoms. The molecular formula is C20H22N6O2. The lowest BCUT2D eigenvalue weighted by Gasteiger charge is -2.31. The summed E-state index contributed by atoms with van der Waals surface area (Å²) >= 11 is 0. The lowest BCUT2D eigenvalue weighted by Crippen LogP contribution is -2.46. The van der Waals surface area contributed by atoms with E-state index in [4.69, 9.17) is 5.73 Å². The minimum Gasteiger partial charge on any atom is -0.369 e. The summed E-state index contributed by atoms with van der Waals surface area (Å²) in [7, 11) is 0. The summed E-state index contributed by atoms with van der Waals surface area (Å²) in [5.41, 5.74) is 8.28. The second kappa shape index (κ2) is 7.77. The molecule has 0 saturated carbocycles. The predicted octanol–water partition coefficient (Wildman–Crippen LogP) is 1.30. The van der Waals surface area contributed by atoms with Gasteiger partial charge in [0.2, 0.25) is 5.91 Å². The number of fused-ring (bicyclic) bond motifs is 1. The molecule has 28 heavy (non-hydrogen) atoms. The van der Waals surface area contributed by atoms with Gasteiger partial charge in [0.25, 0.3) is 5.91 Å². The van der Waals surface area contributed by atoms with Crippen LogP contribution in [0.3, 0.4) is 0 Å². The second-order valence-corrected chi connectivity index (χ2v) is 7.06. The van der Waals surface area contributed by atoms with E-state index < -0.39 is 0 Å². The summed E-state index contributed by atoms with van der Waals surface area (Å²) in [4.78, 5) is 37.4. The van der Waals surface area contributed by atoms with Crippen LogP contribution in [0, 0.1) is 0 Å². The summed E-state index contributed by atoms with van der Waals surface area (Å²) in [6.07, 6.45) is 6.84. The van der Waals surface area contributed by atoms with Crippen LogP contribution < -0.4 is 11.1 Å². The molecule has 3 aromatic heterocycles. The van der Waals surface area contributed by atoms with Gasteiger partial charge in [-0.05, 0) is 42.7 Å². The van der Waals surface area contributed by atoms with E-state index in [1.54, 1.807) is 18.5 Å². The fourth-order valence-electron chi connectivity index (χ4n) is 3.55. The van der Waals surface area contributed by atoms with Crippen LogP contribution in [0.25, 0.3) is 22.2 Å². The molecule has 1 aliphatic heterocycles. The molecule has 1 saturated heterocycles. The van der Waals surface area contributed by atoms with Crippen LogP contribution in [0.2, 0.25) is 0 Å². The zero-order chi connectivity index (χ0) is 19.5. The Morgan fingerprint density at radius 2 is 2.00 bits per heavy atom. The third-order valence-corrected chi connectivity index (χ3v) is 5.03. The number of carbonyl (C=O) groups is 2. The number of carbonyl (C=O) groups excluding carboxylic acids is 2. The van der Waals surface area contributed by atoms with Crippen molar-refractivity contribution in [3.63, 3.8) is 0 Å². The van der Waals surface area contributed by atoms with Gasteiger partial charge in [0.1, 0.15) is 11.3 Å². The van der Waals surface area contributed by atoms with Gasteiger partial charge in [0, 0.05) is 48.7 Å². The lowest BCUT2D eigenvalue weighted by molar-refractivity contribution is -0.119. The van der Waals surface area contributed by atoms with Crippen LogP contribution in [0.1, 0.15) is 23.3 Å². The van der Waals surface area contributed by atoms with Crippen molar-refractivity contribution in [2.75, 3.05) is 19.6 Å². The van der Waals surface area contributed by atoms with E-state index in [1.807, 2.05) is 29.3 Å². The SMILES string of the molecule is NC(=O)CN1CCC(NC(=O)c2cc(-c3cnc4[nH]ccc4c3)ccn2)CC1. The van der Waals surface area contributed by atoms with E-state index >= 15 is 0 Å². The third-order valence-electron chi connectivity index (χ3n) is 5.03. The number of amides is 2. The molecule has 0 atom stereocenters. The number of nitrogens with zero attached hydrogens (tertiary/aromatic N) is 3. The number of nitrogens with two attached hydrogens (primary N) is 1. The number of H-pyrrole nitrogens is 1. The average Bonchev–Trinajstić information content (AvgIpc) is 3.17. The monoisotopic (exact) mass is 378 g/mol. The Labute approximate surface area is 162 Å². The fourth-order valence-corrected chi connectivity index (χ4v) is 3.55. The van der Waals surface area contributed by atoms with E-state index in [2.05, 4.69) is 20.3 Å². The number of rotatable bonds is 5. The molecule has 0 aromatic carbocycles. The van der Waals surface area contributed by atoms with Gasteiger partial charge in [-0.25, -0.2) is 4.98 Å². The number of hydrogen-bond acceptors (Lipinski definition) is 5. The number of primary amides is 1. The highest BCUT2D eigenvalue weighted by atomic mass is 16.2. The van der Waals surface area contributed by atoms with Gasteiger partial charge in [-0.3, -0.25) is 19.5 Å². The highest BCUT2D eigenvalue weighted by Gasteiger charge is 2.22. The molecule has 2 amide bonds. The van der Waals surface area contributed by atoms with E-state index in [-0.39, 0.29) is 24.4 Å². The minimum atomic E-state index is -0.323. The molecular weight excluding hydrogens is 356 g/mol. The molecule has 4 N–H and O–H groups in total. The Morgan fingerprint density at radius 3 is 2.79 bits per heavy atom. The van der Waals surface area contributed by atoms with Crippen molar-refractivity contribution in [3.05, 3.63) is 48.5 Å². The fraction of sp³-hybridized carbons (Fsp3) is 0.300. The van der Waals surface area contributed by atoms with Crippen LogP contribution in [0.4, 0.5) is 0 Å². The number of aromatic amines is 1. The number of nitrogens with one attached hydrogen (secondary N) is 2. The van der Waals surface area contributed by atoms with Crippen LogP contribution >= 0.6 is 0 Å². The molecule has 0 spiro atoms. The standard InChI is InChI=1S/C20H22N6O2/c21-18(27)12-26-7-3-16(4-8-26)25-20(28)17-10-13(1-5-22-17)15-9-14-2-6-23-19(14)24-11-15/h1-2,5-6,9-11,16H,3-4,7-8,12H2,(H2,21,27)(H,23,24)(H,25,28). The Bertz CT molecular complexity index is 1010. The molecule has 8 nitrogen and oxygen atoms in total. The van der Waals surface area contributed by atoms with Crippen molar-refractivity contribution in [3.8, 4) is 11.1 Å². The lowest BCUT2D eigenvalue weighted by atomic mass is 10.0. The zero-order valence-electron chi connectivity index (χ0n) is 15.4. The van der Waals surface area contributed by atoms with E-state index in [0.717, 1.165) is 48.1 Å². The summed E-state index contributed by atoms with van der Waals surface area (Å²) in [5.74, 6) is -0.512. The van der Waals surface area contributed by atoms with Gasteiger partial charge in [-0.2, -0.15) is 0 Å². The minimum absolute atomic E-state index is 0.0694. The van der Waals surface area contributed by atoms with Gasteiger partial charge in [-0.15, -0.1) is 0 Å². The summed E-state index contributed by atoms with van der Waals surface area (Å²) in [5, 5.41) is 4.06. The molecule has 4 rings (SSSR count). The molecule has 1 fully saturated rings. The first kappa shape index (κ1) is 18.1. The molecule has 0 radical (unpaired) electrons. The van der Waals surface area contributed by atoms with Gasteiger partial charge >= 0.3 is 0 Å². The maximum Gasteiger partial charge on any atom is 0.270 e. The van der Waals surface area contributed by atoms with Crippen molar-refractivity contribution >= 4 is 22.8 Å². The Morgan fingerprint density at radius 1 is 1.18 bits per heavy atom. The quantitative estimate of drug-likeness (QED) is 0.619. The number of hydrogen-bond donors (Lipinski definition) is 3. The normalized spacial score (nSPS) is 15.6. The first-order chi connectivity index (χ1) is 13.6. The number of likely N-dealkylation sites (tertiary alicyclic amines) is 1. The first-order valence-electron chi connectivity index (χ1n) is 9.29. The third kappa shape index (κ3) is 4.01. The van der Waals surface area contributed by atoms with Crippen molar-refractivity contribution < 1.29 is 9.59 Å². The Balaban J connectivity index is 1.42. The van der Waals surface area contributed by atoms with Crippen molar-refractivity contribution in [2.45, 2.75) is 18.9 Å². The van der Waals surface area contributed by atoms with Crippen LogP contribution in [0.5, 0.6) is 0 Å². The summed E-state index contributed by atoms with van der Waals surface area (Å²) < 4.78 is 0. The molecule has 4 heterocycles. The molecule has 1 aliphatic rings. The van der Waals surface area contributed by atoms with E-state index in [0.29, 0.717) is 5.69 Å². The number of pyridine rings is 2. The number of piperidine rings is 1. The Hall–Kier alpha value is -3.26. The molecule has 144 valence electrons. The molecule has 0 bridgehead atoms. The second-order valence-electron chi connectivity index (χ2n) is 7.06. The Kier molecular flexibility index (Phi) is 5.03. The topological polar surface area (TPSA) is 117 Å². The van der Waals surface area contributed by atoms with E-state index in [9.17, 15) is 9.59 Å². The highest BCUT2D eigenvalue weighted by Crippen LogP contribution is 2.22. The van der Waals surface area contributed by atoms with Crippen molar-refractivity contribution in [2.24, 2.45) is 5.73 Å². The van der Waals surface area contributed by atoms with Crippen LogP contribution in [-0.2, 0) is 4.79 Å². The maximum atomic E-state index is 12.6. The first-order valence-corrected chi connectivity index (χ1v) is 9.29. The van der Waals surface area contributed by atoms with Gasteiger partial charge < -0.3 is 16.0 Å². The molecule has 0 unspecified atom stereocenters. The zero-order valence-corrected chi connectivity index (χ0v) is 15.4. The van der Waals surface area contributed by atoms with Gasteiger partial charge in [0.15, 0.2) is 0 Å². The summed E-state index contributed by atoms with van der Waals surface area (Å²) in [6, 6.07) is 7.72. The highest BCUT2D eigenvalue weighted by molar-refractivity contribution is 5.94. The maximum absolute atomic E-state index is 12.6. The predicted molar refractivity (Wildman–Crippen MR) is 105 cm³/mol. The van der Waals surface area contributed by atoms with Crippen LogP contribution in [-0.4, -0.2) is 57.3 Å². The summed E-state index contributed by atoms with van der Waals surface area (Å²) in [6.45, 7) is 1.75. The van der Waals surface area contributed by atoms with Crippen molar-refractivity contribution in [1.82, 2.24) is 25.2 Å².